The van der Waals surface area contributed by atoms with Crippen molar-refractivity contribution in [3.8, 4) is 0 Å². The summed E-state index contributed by atoms with van der Waals surface area (Å²) in [7, 11) is 0. The molecule has 2 bridgehead atoms. The molecule has 0 aromatic carbocycles. The molecular weight excluding hydrogens is 340 g/mol. The smallest absolute Gasteiger partial charge is 0.170 e. The summed E-state index contributed by atoms with van der Waals surface area (Å²) < 4.78 is 19.6. The van der Waals surface area contributed by atoms with Crippen LogP contribution in [0, 0.1) is 34.0 Å². The van der Waals surface area contributed by atoms with Gasteiger partial charge in [-0.25, -0.2) is 0 Å². The predicted octanol–water partition coefficient (Wildman–Crippen LogP) is 3.88. The maximum Gasteiger partial charge on any atom is 0.170 e. The lowest BCUT2D eigenvalue weighted by atomic mass is 9.39. The number of hydrogen-bond acceptors (Lipinski definition) is 4. The van der Waals surface area contributed by atoms with Crippen molar-refractivity contribution < 1.29 is 19.0 Å². The summed E-state index contributed by atoms with van der Waals surface area (Å²) in [6.45, 7) is 13.9. The van der Waals surface area contributed by atoms with Gasteiger partial charge in [0, 0.05) is 17.3 Å². The van der Waals surface area contributed by atoms with Gasteiger partial charge in [-0.3, -0.25) is 4.79 Å². The van der Waals surface area contributed by atoms with Crippen molar-refractivity contribution in [3.05, 3.63) is 12.2 Å². The van der Waals surface area contributed by atoms with Crippen LogP contribution in [0.2, 0.25) is 0 Å². The highest BCUT2D eigenvalue weighted by molar-refractivity contribution is 6.05. The maximum atomic E-state index is 13.8. The Bertz CT molecular complexity index is 753. The number of hydrogen-bond donors (Lipinski definition) is 0. The average Bonchev–Trinajstić information content (AvgIpc) is 3.00. The highest BCUT2D eigenvalue weighted by atomic mass is 16.7. The fraction of sp³-hybridized carbons (Fsp3) is 0.870. The SMILES string of the molecule is C=C1C(=O)[C@@]23[C@@H]4OC(C)(C)O[C@@H]2C[C@@H]2C(C)(C)CCC[C@]25CO[C@@H](C[C@@H]14)[C@@H]53. The fourth-order valence-electron chi connectivity index (χ4n) is 8.77. The molecule has 27 heavy (non-hydrogen) atoms. The Labute approximate surface area is 162 Å². The van der Waals surface area contributed by atoms with Gasteiger partial charge in [0.05, 0.1) is 30.3 Å². The van der Waals surface area contributed by atoms with Crippen molar-refractivity contribution >= 4 is 5.78 Å². The van der Waals surface area contributed by atoms with Crippen LogP contribution in [0.1, 0.15) is 59.8 Å². The molecule has 2 heterocycles. The largest absolute Gasteiger partial charge is 0.377 e. The minimum Gasteiger partial charge on any atom is -0.377 e. The number of ether oxygens (including phenoxy) is 3. The number of Topliss-reactive ketones (excluding diaryl/α,β-unsaturated/α-hetero) is 1. The first kappa shape index (κ1) is 17.2. The van der Waals surface area contributed by atoms with Crippen molar-refractivity contribution in [3.63, 3.8) is 0 Å². The zero-order valence-electron chi connectivity index (χ0n) is 17.0. The standard InChI is InChI=1S/C23H32O4/c1-12-13-9-14-17-22(11-25-14)8-6-7-20(2,3)15(22)10-16-23(17,18(12)24)19(13)27-21(4,5)26-16/h13-17,19H,1,6-11H2,2-5H3/t13-,14-,15+,16+,17-,19+,22-,23+/m0/s1. The van der Waals surface area contributed by atoms with Crippen LogP contribution in [0.4, 0.5) is 0 Å². The molecule has 0 N–H and O–H groups in total. The monoisotopic (exact) mass is 372 g/mol. The molecule has 6 aliphatic rings. The van der Waals surface area contributed by atoms with E-state index in [1.165, 1.54) is 19.3 Å². The van der Waals surface area contributed by atoms with Gasteiger partial charge in [0.2, 0.25) is 0 Å². The second-order valence-electron chi connectivity index (χ2n) is 11.4. The molecule has 148 valence electrons. The Morgan fingerprint density at radius 2 is 1.85 bits per heavy atom. The van der Waals surface area contributed by atoms with Gasteiger partial charge in [-0.05, 0) is 56.4 Å². The summed E-state index contributed by atoms with van der Waals surface area (Å²) in [5.41, 5.74) is 0.559. The maximum absolute atomic E-state index is 13.8. The van der Waals surface area contributed by atoms with Crippen LogP contribution in [-0.4, -0.2) is 36.5 Å². The van der Waals surface area contributed by atoms with Crippen LogP contribution in [-0.2, 0) is 19.0 Å². The second kappa shape index (κ2) is 4.71. The summed E-state index contributed by atoms with van der Waals surface area (Å²) in [6, 6.07) is 0. The molecule has 2 saturated heterocycles. The molecule has 4 saturated carbocycles. The Hall–Kier alpha value is -0.710. The Morgan fingerprint density at radius 1 is 1.07 bits per heavy atom. The zero-order chi connectivity index (χ0) is 19.0. The van der Waals surface area contributed by atoms with Crippen LogP contribution < -0.4 is 0 Å². The normalized spacial score (nSPS) is 56.6. The molecule has 0 aromatic rings. The molecule has 4 heteroatoms. The molecule has 4 nitrogen and oxygen atoms in total. The summed E-state index contributed by atoms with van der Waals surface area (Å²) in [5, 5.41) is 0. The lowest BCUT2D eigenvalue weighted by molar-refractivity contribution is -0.379. The lowest BCUT2D eigenvalue weighted by Gasteiger charge is -2.67. The minimum atomic E-state index is -0.646. The van der Waals surface area contributed by atoms with E-state index in [0.717, 1.165) is 25.0 Å². The van der Waals surface area contributed by atoms with Gasteiger partial charge < -0.3 is 14.2 Å². The van der Waals surface area contributed by atoms with E-state index in [1.807, 2.05) is 13.8 Å². The summed E-state index contributed by atoms with van der Waals surface area (Å²) in [6.07, 6.45) is 5.49. The van der Waals surface area contributed by atoms with E-state index >= 15 is 0 Å². The van der Waals surface area contributed by atoms with Crippen LogP contribution in [0.15, 0.2) is 12.2 Å². The molecule has 6 fully saturated rings. The van der Waals surface area contributed by atoms with E-state index in [0.29, 0.717) is 5.92 Å². The molecule has 0 aromatic heterocycles. The molecule has 8 atom stereocenters. The Morgan fingerprint density at radius 3 is 2.63 bits per heavy atom. The zero-order valence-corrected chi connectivity index (χ0v) is 17.0. The van der Waals surface area contributed by atoms with Gasteiger partial charge >= 0.3 is 0 Å². The van der Waals surface area contributed by atoms with Crippen molar-refractivity contribution in [1.29, 1.82) is 0 Å². The first-order valence-corrected chi connectivity index (χ1v) is 10.8. The molecule has 0 radical (unpaired) electrons. The number of rotatable bonds is 0. The molecule has 6 rings (SSSR count). The van der Waals surface area contributed by atoms with Gasteiger partial charge in [0.15, 0.2) is 11.6 Å². The third kappa shape index (κ3) is 1.72. The molecule has 4 aliphatic carbocycles. The highest BCUT2D eigenvalue weighted by Crippen LogP contribution is 2.75. The van der Waals surface area contributed by atoms with E-state index in [4.69, 9.17) is 14.2 Å². The van der Waals surface area contributed by atoms with E-state index in [9.17, 15) is 4.79 Å². The van der Waals surface area contributed by atoms with Gasteiger partial charge in [0.25, 0.3) is 0 Å². The minimum absolute atomic E-state index is 0.0782. The van der Waals surface area contributed by atoms with E-state index < -0.39 is 11.2 Å². The van der Waals surface area contributed by atoms with Crippen LogP contribution in [0.5, 0.6) is 0 Å². The van der Waals surface area contributed by atoms with Gasteiger partial charge in [-0.2, -0.15) is 0 Å². The molecule has 0 unspecified atom stereocenters. The number of carbonyl (C=O) groups is 1. The third-order valence-corrected chi connectivity index (χ3v) is 9.45. The van der Waals surface area contributed by atoms with Gasteiger partial charge in [0.1, 0.15) is 0 Å². The van der Waals surface area contributed by atoms with Crippen LogP contribution in [0.25, 0.3) is 0 Å². The van der Waals surface area contributed by atoms with Crippen LogP contribution >= 0.6 is 0 Å². The van der Waals surface area contributed by atoms with Crippen molar-refractivity contribution in [2.75, 3.05) is 6.61 Å². The summed E-state index contributed by atoms with van der Waals surface area (Å²) in [4.78, 5) is 13.8. The van der Waals surface area contributed by atoms with E-state index in [2.05, 4.69) is 20.4 Å². The topological polar surface area (TPSA) is 44.8 Å². The second-order valence-corrected chi connectivity index (χ2v) is 11.4. The van der Waals surface area contributed by atoms with Crippen LogP contribution in [0.3, 0.4) is 0 Å². The fourth-order valence-corrected chi connectivity index (χ4v) is 8.77. The molecular formula is C23H32O4. The Balaban J connectivity index is 1.60. The first-order valence-electron chi connectivity index (χ1n) is 10.8. The third-order valence-electron chi connectivity index (χ3n) is 9.45. The van der Waals surface area contributed by atoms with Crippen molar-refractivity contribution in [1.82, 2.24) is 0 Å². The predicted molar refractivity (Wildman–Crippen MR) is 99.9 cm³/mol. The number of ketones is 1. The van der Waals surface area contributed by atoms with E-state index in [1.54, 1.807) is 0 Å². The molecule has 0 amide bonds. The number of carbonyl (C=O) groups excluding carboxylic acids is 1. The lowest BCUT2D eigenvalue weighted by Crippen LogP contribution is -2.73. The van der Waals surface area contributed by atoms with Gasteiger partial charge in [-0.15, -0.1) is 0 Å². The highest BCUT2D eigenvalue weighted by Gasteiger charge is 2.81. The quantitative estimate of drug-likeness (QED) is 0.605. The van der Waals surface area contributed by atoms with E-state index in [-0.39, 0.29) is 46.8 Å². The Kier molecular flexibility index (Phi) is 3.00. The summed E-state index contributed by atoms with van der Waals surface area (Å²) >= 11 is 0. The van der Waals surface area contributed by atoms with Crippen molar-refractivity contribution in [2.45, 2.75) is 83.9 Å². The summed E-state index contributed by atoms with van der Waals surface area (Å²) in [5.74, 6) is 0.437. The first-order chi connectivity index (χ1) is 12.6. The molecule has 2 spiro atoms. The van der Waals surface area contributed by atoms with Gasteiger partial charge in [-0.1, -0.05) is 26.8 Å². The average molecular weight is 373 g/mol. The van der Waals surface area contributed by atoms with Crippen molar-refractivity contribution in [2.24, 2.45) is 34.0 Å². The molecule has 2 aliphatic heterocycles.